The van der Waals surface area contributed by atoms with Crippen molar-refractivity contribution >= 4 is 0 Å². The Morgan fingerprint density at radius 3 is 2.75 bits per heavy atom. The van der Waals surface area contributed by atoms with Gasteiger partial charge in [-0.05, 0) is 14.0 Å². The van der Waals surface area contributed by atoms with Crippen LogP contribution >= 0.6 is 0 Å². The van der Waals surface area contributed by atoms with Crippen molar-refractivity contribution in [1.29, 1.82) is 0 Å². The second-order valence-corrected chi connectivity index (χ2v) is 3.66. The topological polar surface area (TPSA) is 73.5 Å². The maximum Gasteiger partial charge on any atom is 0.154 e. The van der Waals surface area contributed by atoms with Crippen LogP contribution in [0.5, 0.6) is 0 Å². The van der Waals surface area contributed by atoms with Gasteiger partial charge in [0.25, 0.3) is 0 Å². The third kappa shape index (κ3) is 2.08. The maximum atomic E-state index is 4.07. The molecule has 0 aliphatic heterocycles. The highest BCUT2D eigenvalue weighted by molar-refractivity contribution is 4.96. The molecule has 0 unspecified atom stereocenters. The first kappa shape index (κ1) is 10.7. The van der Waals surface area contributed by atoms with Gasteiger partial charge in [-0.2, -0.15) is 0 Å². The van der Waals surface area contributed by atoms with Gasteiger partial charge in [0.05, 0.1) is 11.9 Å². The Morgan fingerprint density at radius 2 is 2.12 bits per heavy atom. The van der Waals surface area contributed by atoms with E-state index in [4.69, 9.17) is 0 Å². The van der Waals surface area contributed by atoms with E-state index in [1.54, 1.807) is 4.68 Å². The molecule has 2 heterocycles. The van der Waals surface area contributed by atoms with Crippen LogP contribution in [0.3, 0.4) is 0 Å². The van der Waals surface area contributed by atoms with E-state index < -0.39 is 0 Å². The largest absolute Gasteiger partial charge is 0.317 e. The minimum atomic E-state index is 0.591. The number of hydrogen-bond donors (Lipinski definition) is 1. The first-order valence-electron chi connectivity index (χ1n) is 5.09. The molecule has 0 amide bonds. The van der Waals surface area contributed by atoms with Crippen LogP contribution in [-0.4, -0.2) is 36.8 Å². The Hall–Kier alpha value is -1.76. The average molecular weight is 221 g/mol. The summed E-state index contributed by atoms with van der Waals surface area (Å²) >= 11 is 0. The molecule has 1 N–H and O–H groups in total. The molecule has 0 aliphatic carbocycles. The van der Waals surface area contributed by atoms with Crippen LogP contribution in [0, 0.1) is 6.92 Å². The van der Waals surface area contributed by atoms with Crippen molar-refractivity contribution in [2.45, 2.75) is 20.0 Å². The van der Waals surface area contributed by atoms with Crippen molar-refractivity contribution < 1.29 is 0 Å². The lowest BCUT2D eigenvalue weighted by Crippen LogP contribution is -2.07. The van der Waals surface area contributed by atoms with Gasteiger partial charge < -0.3 is 9.88 Å². The van der Waals surface area contributed by atoms with Gasteiger partial charge in [-0.25, -0.2) is 4.68 Å². The van der Waals surface area contributed by atoms with Gasteiger partial charge in [-0.3, -0.25) is 0 Å². The average Bonchev–Trinajstić information content (AvgIpc) is 2.82. The van der Waals surface area contributed by atoms with E-state index in [-0.39, 0.29) is 0 Å². The van der Waals surface area contributed by atoms with Gasteiger partial charge in [0.1, 0.15) is 12.4 Å². The molecule has 0 saturated carbocycles. The number of rotatable bonds is 4. The molecule has 7 heteroatoms. The second kappa shape index (κ2) is 4.40. The minimum Gasteiger partial charge on any atom is -0.317 e. The maximum absolute atomic E-state index is 4.07. The summed E-state index contributed by atoms with van der Waals surface area (Å²) in [7, 11) is 3.82. The predicted molar refractivity (Wildman–Crippen MR) is 57.6 cm³/mol. The quantitative estimate of drug-likeness (QED) is 0.752. The fourth-order valence-electron chi connectivity index (χ4n) is 1.41. The number of nitrogens with zero attached hydrogens (tertiary/aromatic N) is 6. The van der Waals surface area contributed by atoms with E-state index >= 15 is 0 Å². The summed E-state index contributed by atoms with van der Waals surface area (Å²) < 4.78 is 3.70. The number of hydrogen-bond acceptors (Lipinski definition) is 5. The first-order chi connectivity index (χ1) is 7.70. The second-order valence-electron chi connectivity index (χ2n) is 3.66. The SMILES string of the molecule is CNCc1cn(Cc2nnc(C)n2C)nn1. The molecule has 2 rings (SSSR count). The van der Waals surface area contributed by atoms with Crippen molar-refractivity contribution in [2.75, 3.05) is 7.05 Å². The van der Waals surface area contributed by atoms with Crippen LogP contribution in [0.15, 0.2) is 6.20 Å². The van der Waals surface area contributed by atoms with Crippen LogP contribution in [0.1, 0.15) is 17.3 Å². The summed E-state index contributed by atoms with van der Waals surface area (Å²) in [5.41, 5.74) is 0.918. The highest BCUT2D eigenvalue weighted by Gasteiger charge is 2.07. The Balaban J connectivity index is 2.11. The van der Waals surface area contributed by atoms with Crippen LogP contribution in [0.2, 0.25) is 0 Å². The molecule has 0 atom stereocenters. The van der Waals surface area contributed by atoms with Crippen LogP contribution in [-0.2, 0) is 20.1 Å². The fourth-order valence-corrected chi connectivity index (χ4v) is 1.41. The van der Waals surface area contributed by atoms with Crippen LogP contribution in [0.4, 0.5) is 0 Å². The predicted octanol–water partition coefficient (Wildman–Crippen LogP) is -0.517. The van der Waals surface area contributed by atoms with Gasteiger partial charge in [0.2, 0.25) is 0 Å². The number of aryl methyl sites for hydroxylation is 1. The minimum absolute atomic E-state index is 0.591. The summed E-state index contributed by atoms with van der Waals surface area (Å²) in [4.78, 5) is 0. The highest BCUT2D eigenvalue weighted by Crippen LogP contribution is 2.00. The van der Waals surface area contributed by atoms with Crippen LogP contribution < -0.4 is 5.32 Å². The molecule has 0 aliphatic rings. The van der Waals surface area contributed by atoms with Gasteiger partial charge in [-0.1, -0.05) is 5.21 Å². The number of aromatic nitrogens is 6. The van der Waals surface area contributed by atoms with E-state index in [0.717, 1.165) is 23.9 Å². The Kier molecular flexibility index (Phi) is 2.95. The molecule has 2 aromatic rings. The molecule has 0 saturated heterocycles. The molecule has 0 fully saturated rings. The molecule has 86 valence electrons. The lowest BCUT2D eigenvalue weighted by atomic mass is 10.5. The molecule has 7 nitrogen and oxygen atoms in total. The van der Waals surface area contributed by atoms with Crippen LogP contribution in [0.25, 0.3) is 0 Å². The lowest BCUT2D eigenvalue weighted by molar-refractivity contribution is 0.603. The molecule has 16 heavy (non-hydrogen) atoms. The smallest absolute Gasteiger partial charge is 0.154 e. The van der Waals surface area contributed by atoms with Crippen molar-refractivity contribution in [3.05, 3.63) is 23.5 Å². The third-order valence-corrected chi connectivity index (χ3v) is 2.43. The summed E-state index contributed by atoms with van der Waals surface area (Å²) in [6.07, 6.45) is 1.90. The zero-order valence-corrected chi connectivity index (χ0v) is 9.67. The highest BCUT2D eigenvalue weighted by atomic mass is 15.4. The summed E-state index contributed by atoms with van der Waals surface area (Å²) in [6, 6.07) is 0. The monoisotopic (exact) mass is 221 g/mol. The first-order valence-corrected chi connectivity index (χ1v) is 5.09. The number of nitrogens with one attached hydrogen (secondary N) is 1. The zero-order valence-electron chi connectivity index (χ0n) is 9.67. The molecule has 0 spiro atoms. The van der Waals surface area contributed by atoms with Crippen molar-refractivity contribution in [1.82, 2.24) is 35.1 Å². The van der Waals surface area contributed by atoms with E-state index in [2.05, 4.69) is 25.8 Å². The molecular weight excluding hydrogens is 206 g/mol. The normalized spacial score (nSPS) is 10.9. The van der Waals surface area contributed by atoms with Crippen molar-refractivity contribution in [2.24, 2.45) is 7.05 Å². The van der Waals surface area contributed by atoms with Gasteiger partial charge >= 0.3 is 0 Å². The molecule has 0 radical (unpaired) electrons. The summed E-state index contributed by atoms with van der Waals surface area (Å²) in [5.74, 6) is 1.77. The summed E-state index contributed by atoms with van der Waals surface area (Å²) in [6.45, 7) is 3.23. The Bertz CT molecular complexity index is 470. The summed E-state index contributed by atoms with van der Waals surface area (Å²) in [5, 5.41) is 19.2. The molecule has 2 aromatic heterocycles. The fraction of sp³-hybridized carbons (Fsp3) is 0.556. The Labute approximate surface area is 93.5 Å². The van der Waals surface area contributed by atoms with Gasteiger partial charge in [0.15, 0.2) is 5.82 Å². The van der Waals surface area contributed by atoms with E-state index in [9.17, 15) is 0 Å². The molecular formula is C9H15N7. The molecule has 0 bridgehead atoms. The van der Waals surface area contributed by atoms with Gasteiger partial charge in [-0.15, -0.1) is 15.3 Å². The lowest BCUT2D eigenvalue weighted by Gasteiger charge is -2.00. The zero-order chi connectivity index (χ0) is 11.5. The van der Waals surface area contributed by atoms with Crippen molar-refractivity contribution in [3.8, 4) is 0 Å². The Morgan fingerprint density at radius 1 is 1.31 bits per heavy atom. The van der Waals surface area contributed by atoms with Gasteiger partial charge in [0, 0.05) is 13.6 Å². The third-order valence-electron chi connectivity index (χ3n) is 2.43. The molecule has 0 aromatic carbocycles. The van der Waals surface area contributed by atoms with E-state index in [1.807, 2.05) is 31.8 Å². The van der Waals surface area contributed by atoms with Crippen molar-refractivity contribution in [3.63, 3.8) is 0 Å². The standard InChI is InChI=1S/C9H15N7/c1-7-11-13-9(15(7)3)6-16-5-8(4-10-2)12-14-16/h5,10H,4,6H2,1-3H3. The van der Waals surface area contributed by atoms with E-state index in [1.165, 1.54) is 0 Å². The van der Waals surface area contributed by atoms with E-state index in [0.29, 0.717) is 6.54 Å².